The zero-order valence-electron chi connectivity index (χ0n) is 13.7. The summed E-state index contributed by atoms with van der Waals surface area (Å²) < 4.78 is 11.3. The van der Waals surface area contributed by atoms with Gasteiger partial charge in [-0.2, -0.15) is 0 Å². The van der Waals surface area contributed by atoms with Gasteiger partial charge in [0.05, 0.1) is 6.10 Å². The summed E-state index contributed by atoms with van der Waals surface area (Å²) in [5.41, 5.74) is -0.0448. The van der Waals surface area contributed by atoms with Crippen molar-refractivity contribution in [2.75, 3.05) is 11.9 Å². The van der Waals surface area contributed by atoms with Crippen molar-refractivity contribution >= 4 is 11.6 Å². The van der Waals surface area contributed by atoms with E-state index < -0.39 is 5.60 Å². The third kappa shape index (κ3) is 5.05. The highest BCUT2D eigenvalue weighted by atomic mass is 16.5. The molecule has 0 fully saturated rings. The van der Waals surface area contributed by atoms with E-state index in [9.17, 15) is 4.79 Å². The van der Waals surface area contributed by atoms with Gasteiger partial charge in [0.2, 0.25) is 0 Å². The van der Waals surface area contributed by atoms with Crippen molar-refractivity contribution < 1.29 is 14.3 Å². The molecule has 0 radical (unpaired) electrons. The molecule has 1 N–H and O–H groups in total. The highest BCUT2D eigenvalue weighted by Crippen LogP contribution is 2.21. The molecule has 118 valence electrons. The Morgan fingerprint density at radius 2 is 1.86 bits per heavy atom. The van der Waals surface area contributed by atoms with Crippen LogP contribution in [0.4, 0.5) is 5.69 Å². The lowest BCUT2D eigenvalue weighted by molar-refractivity contribution is -0.139. The smallest absolute Gasteiger partial charge is 0.256 e. The van der Waals surface area contributed by atoms with Gasteiger partial charge in [-0.15, -0.1) is 0 Å². The molecule has 2 atom stereocenters. The minimum absolute atomic E-state index is 0.123. The van der Waals surface area contributed by atoms with Crippen molar-refractivity contribution in [3.05, 3.63) is 24.3 Å². The second-order valence-electron chi connectivity index (χ2n) is 5.33. The predicted molar refractivity (Wildman–Crippen MR) is 85.8 cm³/mol. The summed E-state index contributed by atoms with van der Waals surface area (Å²) in [4.78, 5) is 12.3. The Bertz CT molecular complexity index is 444. The number of carbonyl (C=O) groups is 1. The standard InChI is InChI=1S/C17H27NO3/c1-6-13(4)21-15-11-9-14(10-12-15)18-16(19)17(5,7-2)20-8-3/h9-13H,6-8H2,1-5H3,(H,18,19)/t13-,17+/m0/s1. The first-order valence-electron chi connectivity index (χ1n) is 7.67. The fraction of sp³-hybridized carbons (Fsp3) is 0.588. The number of anilines is 1. The summed E-state index contributed by atoms with van der Waals surface area (Å²) in [6.45, 7) is 10.3. The third-order valence-electron chi connectivity index (χ3n) is 3.64. The Morgan fingerprint density at radius 3 is 2.33 bits per heavy atom. The van der Waals surface area contributed by atoms with Crippen molar-refractivity contribution in [3.8, 4) is 5.75 Å². The van der Waals surface area contributed by atoms with Crippen LogP contribution in [-0.4, -0.2) is 24.2 Å². The van der Waals surface area contributed by atoms with E-state index in [2.05, 4.69) is 12.2 Å². The molecule has 0 spiro atoms. The fourth-order valence-electron chi connectivity index (χ4n) is 1.84. The Balaban J connectivity index is 2.68. The molecule has 1 aromatic carbocycles. The maximum atomic E-state index is 12.3. The van der Waals surface area contributed by atoms with E-state index in [1.807, 2.05) is 52.0 Å². The summed E-state index contributed by atoms with van der Waals surface area (Å²) in [5, 5.41) is 2.89. The summed E-state index contributed by atoms with van der Waals surface area (Å²) in [6, 6.07) is 7.42. The second kappa shape index (κ2) is 8.03. The summed E-state index contributed by atoms with van der Waals surface area (Å²) in [6.07, 6.45) is 1.77. The minimum atomic E-state index is -0.791. The molecule has 0 saturated heterocycles. The van der Waals surface area contributed by atoms with Crippen LogP contribution in [0.5, 0.6) is 5.75 Å². The number of ether oxygens (including phenoxy) is 2. The molecule has 0 aliphatic rings. The van der Waals surface area contributed by atoms with Crippen LogP contribution < -0.4 is 10.1 Å². The number of rotatable bonds is 8. The summed E-state index contributed by atoms with van der Waals surface area (Å²) in [7, 11) is 0. The maximum absolute atomic E-state index is 12.3. The molecule has 4 heteroatoms. The zero-order chi connectivity index (χ0) is 15.9. The Morgan fingerprint density at radius 1 is 1.24 bits per heavy atom. The fourth-order valence-corrected chi connectivity index (χ4v) is 1.84. The van der Waals surface area contributed by atoms with Crippen LogP contribution in [0.1, 0.15) is 47.5 Å². The SMILES string of the molecule is CCO[C@](C)(CC)C(=O)Nc1ccc(O[C@@H](C)CC)cc1. The van der Waals surface area contributed by atoms with Crippen LogP contribution in [0.2, 0.25) is 0 Å². The van der Waals surface area contributed by atoms with Gasteiger partial charge in [-0.05, 0) is 57.9 Å². The molecule has 0 aromatic heterocycles. The molecule has 0 aliphatic heterocycles. The van der Waals surface area contributed by atoms with E-state index in [1.54, 1.807) is 0 Å². The van der Waals surface area contributed by atoms with Crippen LogP contribution in [0.3, 0.4) is 0 Å². The molecule has 0 heterocycles. The molecule has 1 aromatic rings. The Hall–Kier alpha value is -1.55. The summed E-state index contributed by atoms with van der Waals surface area (Å²) in [5.74, 6) is 0.688. The quantitative estimate of drug-likeness (QED) is 0.788. The highest BCUT2D eigenvalue weighted by molar-refractivity contribution is 5.97. The van der Waals surface area contributed by atoms with Crippen molar-refractivity contribution in [3.63, 3.8) is 0 Å². The van der Waals surface area contributed by atoms with E-state index in [0.29, 0.717) is 13.0 Å². The van der Waals surface area contributed by atoms with Gasteiger partial charge in [0.15, 0.2) is 0 Å². The molecule has 0 unspecified atom stereocenters. The Kier molecular flexibility index (Phi) is 6.69. The van der Waals surface area contributed by atoms with Gasteiger partial charge in [-0.25, -0.2) is 0 Å². The number of amides is 1. The summed E-state index contributed by atoms with van der Waals surface area (Å²) >= 11 is 0. The van der Waals surface area contributed by atoms with E-state index in [1.165, 1.54) is 0 Å². The van der Waals surface area contributed by atoms with Gasteiger partial charge < -0.3 is 14.8 Å². The first-order valence-corrected chi connectivity index (χ1v) is 7.67. The topological polar surface area (TPSA) is 47.6 Å². The lowest BCUT2D eigenvalue weighted by Gasteiger charge is -2.26. The van der Waals surface area contributed by atoms with E-state index in [-0.39, 0.29) is 12.0 Å². The van der Waals surface area contributed by atoms with Crippen LogP contribution >= 0.6 is 0 Å². The van der Waals surface area contributed by atoms with Gasteiger partial charge in [0, 0.05) is 12.3 Å². The van der Waals surface area contributed by atoms with Crippen molar-refractivity contribution in [2.24, 2.45) is 0 Å². The third-order valence-corrected chi connectivity index (χ3v) is 3.64. The first kappa shape index (κ1) is 17.5. The van der Waals surface area contributed by atoms with Crippen LogP contribution in [0, 0.1) is 0 Å². The zero-order valence-corrected chi connectivity index (χ0v) is 13.7. The van der Waals surface area contributed by atoms with E-state index in [4.69, 9.17) is 9.47 Å². The number of hydrogen-bond donors (Lipinski definition) is 1. The molecular weight excluding hydrogens is 266 g/mol. The average molecular weight is 293 g/mol. The molecule has 21 heavy (non-hydrogen) atoms. The van der Waals surface area contributed by atoms with Crippen LogP contribution in [-0.2, 0) is 9.53 Å². The molecule has 0 saturated carbocycles. The predicted octanol–water partition coefficient (Wildman–Crippen LogP) is 4.01. The molecule has 0 bridgehead atoms. The van der Waals surface area contributed by atoms with E-state index in [0.717, 1.165) is 17.9 Å². The van der Waals surface area contributed by atoms with Crippen molar-refractivity contribution in [2.45, 2.75) is 59.2 Å². The first-order chi connectivity index (χ1) is 9.95. The average Bonchev–Trinajstić information content (AvgIpc) is 2.49. The van der Waals surface area contributed by atoms with Gasteiger partial charge >= 0.3 is 0 Å². The van der Waals surface area contributed by atoms with Gasteiger partial charge in [0.1, 0.15) is 11.4 Å². The molecule has 1 amide bonds. The van der Waals surface area contributed by atoms with Crippen LogP contribution in [0.25, 0.3) is 0 Å². The normalized spacial score (nSPS) is 15.1. The number of carbonyl (C=O) groups excluding carboxylic acids is 1. The largest absolute Gasteiger partial charge is 0.491 e. The number of nitrogens with one attached hydrogen (secondary N) is 1. The molecule has 4 nitrogen and oxygen atoms in total. The van der Waals surface area contributed by atoms with Crippen molar-refractivity contribution in [1.29, 1.82) is 0 Å². The molecular formula is C17H27NO3. The highest BCUT2D eigenvalue weighted by Gasteiger charge is 2.31. The van der Waals surface area contributed by atoms with Crippen LogP contribution in [0.15, 0.2) is 24.3 Å². The molecule has 0 aliphatic carbocycles. The van der Waals surface area contributed by atoms with Gasteiger partial charge in [-0.3, -0.25) is 4.79 Å². The minimum Gasteiger partial charge on any atom is -0.491 e. The van der Waals surface area contributed by atoms with Gasteiger partial charge in [-0.1, -0.05) is 13.8 Å². The Labute approximate surface area is 127 Å². The van der Waals surface area contributed by atoms with E-state index >= 15 is 0 Å². The van der Waals surface area contributed by atoms with Crippen molar-refractivity contribution in [1.82, 2.24) is 0 Å². The number of hydrogen-bond acceptors (Lipinski definition) is 3. The maximum Gasteiger partial charge on any atom is 0.256 e. The second-order valence-corrected chi connectivity index (χ2v) is 5.33. The monoisotopic (exact) mass is 293 g/mol. The lowest BCUT2D eigenvalue weighted by Crippen LogP contribution is -2.42. The molecule has 1 rings (SSSR count). The lowest BCUT2D eigenvalue weighted by atomic mass is 10.0. The number of benzene rings is 1. The van der Waals surface area contributed by atoms with Gasteiger partial charge in [0.25, 0.3) is 5.91 Å².